The van der Waals surface area contributed by atoms with Crippen molar-refractivity contribution in [1.29, 1.82) is 0 Å². The molecule has 0 radical (unpaired) electrons. The second-order valence-electron chi connectivity index (χ2n) is 7.41. The lowest BCUT2D eigenvalue weighted by molar-refractivity contribution is -0.171. The van der Waals surface area contributed by atoms with E-state index >= 15 is 0 Å². The van der Waals surface area contributed by atoms with Crippen LogP contribution in [0.1, 0.15) is 30.0 Å². The zero-order valence-corrected chi connectivity index (χ0v) is 18.1. The first-order chi connectivity index (χ1) is 14.4. The van der Waals surface area contributed by atoms with Gasteiger partial charge < -0.3 is 14.9 Å². The topological polar surface area (TPSA) is 130 Å². The van der Waals surface area contributed by atoms with Crippen LogP contribution in [0.25, 0.3) is 11.3 Å². The molecule has 1 atom stereocenters. The molecule has 0 aliphatic carbocycles. The van der Waals surface area contributed by atoms with Gasteiger partial charge in [-0.1, -0.05) is 22.8 Å². The zero-order valence-electron chi connectivity index (χ0n) is 16.5. The van der Waals surface area contributed by atoms with E-state index in [1.165, 1.54) is 32.9 Å². The van der Waals surface area contributed by atoms with E-state index in [-0.39, 0.29) is 27.6 Å². The number of nitrogens with one attached hydrogen (secondary N) is 1. The van der Waals surface area contributed by atoms with Crippen LogP contribution in [0.15, 0.2) is 22.7 Å². The number of carbonyl (C=O) groups is 4. The summed E-state index contributed by atoms with van der Waals surface area (Å²) in [6, 6.07) is 0.746. The van der Waals surface area contributed by atoms with E-state index in [1.54, 1.807) is 0 Å². The smallest absolute Gasteiger partial charge is 0.328 e. The third kappa shape index (κ3) is 3.90. The first-order valence-corrected chi connectivity index (χ1v) is 9.72. The number of hydrogen-bond donors (Lipinski definition) is 3. The van der Waals surface area contributed by atoms with Crippen molar-refractivity contribution in [3.63, 3.8) is 0 Å². The van der Waals surface area contributed by atoms with Crippen LogP contribution in [0.3, 0.4) is 0 Å². The maximum atomic E-state index is 14.3. The highest BCUT2D eigenvalue weighted by Crippen LogP contribution is 2.34. The van der Waals surface area contributed by atoms with E-state index in [4.69, 9.17) is 16.1 Å². The zero-order chi connectivity index (χ0) is 23.2. The Balaban J connectivity index is 1.88. The van der Waals surface area contributed by atoms with Crippen molar-refractivity contribution in [2.75, 3.05) is 0 Å². The van der Waals surface area contributed by atoms with E-state index in [2.05, 4.69) is 23.1 Å². The Kier molecular flexibility index (Phi) is 5.85. The molecule has 0 spiro atoms. The summed E-state index contributed by atoms with van der Waals surface area (Å²) in [7, 11) is 0. The molecule has 2 aromatic rings. The Morgan fingerprint density at radius 1 is 1.35 bits per heavy atom. The minimum absolute atomic E-state index is 0.00259. The molecule has 164 valence electrons. The summed E-state index contributed by atoms with van der Waals surface area (Å²) in [4.78, 5) is 49.9. The van der Waals surface area contributed by atoms with Crippen molar-refractivity contribution in [2.24, 2.45) is 0 Å². The lowest BCUT2D eigenvalue weighted by Gasteiger charge is -2.43. The Morgan fingerprint density at radius 3 is 2.48 bits per heavy atom. The highest BCUT2D eigenvalue weighted by molar-refractivity contribution is 7.81. The lowest BCUT2D eigenvalue weighted by Crippen LogP contribution is -2.74. The molecule has 1 aliphatic rings. The van der Waals surface area contributed by atoms with Crippen LogP contribution in [0.5, 0.6) is 0 Å². The van der Waals surface area contributed by atoms with Crippen molar-refractivity contribution in [2.45, 2.75) is 37.6 Å². The summed E-state index contributed by atoms with van der Waals surface area (Å²) in [6.45, 7) is 4.26. The average molecular weight is 470 g/mol. The van der Waals surface area contributed by atoms with E-state index < -0.39 is 46.3 Å². The van der Waals surface area contributed by atoms with E-state index in [1.807, 2.05) is 0 Å². The lowest BCUT2D eigenvalue weighted by atomic mass is 9.94. The molecule has 31 heavy (non-hydrogen) atoms. The second kappa shape index (κ2) is 7.97. The molecule has 1 fully saturated rings. The van der Waals surface area contributed by atoms with Crippen molar-refractivity contribution < 1.29 is 33.2 Å². The van der Waals surface area contributed by atoms with Gasteiger partial charge in [-0.2, -0.15) is 12.6 Å². The number of carboxylic acids is 1. The largest absolute Gasteiger partial charge is 0.480 e. The molecular weight excluding hydrogens is 453 g/mol. The van der Waals surface area contributed by atoms with Crippen molar-refractivity contribution >= 4 is 47.9 Å². The number of halogens is 2. The monoisotopic (exact) mass is 469 g/mol. The second-order valence-corrected chi connectivity index (χ2v) is 8.97. The Labute approximate surface area is 185 Å². The SMILES string of the molecule is Cc1onc(-c2c(F)cccc2Cl)c1C(=O)NC1C(=O)N([C@@H](C(=O)O)C(C)(C)S)C1=O. The number of aromatic nitrogens is 1. The van der Waals surface area contributed by atoms with Crippen molar-refractivity contribution in [3.05, 3.63) is 40.4 Å². The molecule has 3 amide bonds. The molecule has 3 rings (SSSR count). The van der Waals surface area contributed by atoms with Crippen LogP contribution in [-0.2, 0) is 14.4 Å². The third-order valence-corrected chi connectivity index (χ3v) is 5.25. The third-order valence-electron chi connectivity index (χ3n) is 4.69. The number of nitrogens with zero attached hydrogens (tertiary/aromatic N) is 2. The average Bonchev–Trinajstić information content (AvgIpc) is 3.03. The normalized spacial score (nSPS) is 15.6. The van der Waals surface area contributed by atoms with Crippen molar-refractivity contribution in [3.8, 4) is 11.3 Å². The first kappa shape index (κ1) is 22.8. The summed E-state index contributed by atoms with van der Waals surface area (Å²) in [6.07, 6.45) is 0. The molecule has 12 heteroatoms. The summed E-state index contributed by atoms with van der Waals surface area (Å²) in [5.74, 6) is -4.92. The number of hydrogen-bond acceptors (Lipinski definition) is 7. The van der Waals surface area contributed by atoms with E-state index in [0.717, 1.165) is 6.07 Å². The Morgan fingerprint density at radius 2 is 1.97 bits per heavy atom. The number of benzene rings is 1. The molecule has 0 saturated carbocycles. The van der Waals surface area contributed by atoms with Gasteiger partial charge in [0.25, 0.3) is 17.7 Å². The summed E-state index contributed by atoms with van der Waals surface area (Å²) in [5.41, 5.74) is -0.591. The van der Waals surface area contributed by atoms with Gasteiger partial charge in [-0.25, -0.2) is 9.18 Å². The van der Waals surface area contributed by atoms with E-state index in [0.29, 0.717) is 4.90 Å². The van der Waals surface area contributed by atoms with Crippen LogP contribution in [0.2, 0.25) is 5.02 Å². The number of β-lactam (4-membered cyclic amide) rings is 2. The fourth-order valence-corrected chi connectivity index (χ4v) is 3.75. The predicted molar refractivity (Wildman–Crippen MR) is 109 cm³/mol. The molecule has 1 aromatic carbocycles. The first-order valence-electron chi connectivity index (χ1n) is 8.89. The number of carbonyl (C=O) groups excluding carboxylic acids is 3. The number of amides is 3. The molecule has 1 saturated heterocycles. The number of imide groups is 1. The Hall–Kier alpha value is -2.92. The fourth-order valence-electron chi connectivity index (χ4n) is 3.27. The van der Waals surface area contributed by atoms with Gasteiger partial charge in [-0.3, -0.25) is 19.3 Å². The maximum absolute atomic E-state index is 14.3. The molecular formula is C19H17ClFN3O6S. The van der Waals surface area contributed by atoms with Crippen LogP contribution < -0.4 is 5.32 Å². The molecule has 0 unspecified atom stereocenters. The van der Waals surface area contributed by atoms with Gasteiger partial charge in [0.1, 0.15) is 22.8 Å². The predicted octanol–water partition coefficient (Wildman–Crippen LogP) is 2.07. The number of carboxylic acid groups (broad SMARTS) is 1. The standard InChI is InChI=1S/C19H17ClFN3O6S/c1-7-10(12(23-30-7)11-8(20)5-4-6-9(11)21)15(25)22-13-16(26)24(17(13)27)14(18(28)29)19(2,3)31/h4-6,13-14,31H,1-3H3,(H,22,25)(H,28,29)/t14-/m0/s1. The van der Waals surface area contributed by atoms with Gasteiger partial charge >= 0.3 is 5.97 Å². The van der Waals surface area contributed by atoms with Crippen LogP contribution in [-0.4, -0.2) is 55.7 Å². The van der Waals surface area contributed by atoms with Crippen LogP contribution in [0, 0.1) is 12.7 Å². The summed E-state index contributed by atoms with van der Waals surface area (Å²) in [5, 5.41) is 15.3. The summed E-state index contributed by atoms with van der Waals surface area (Å²) < 4.78 is 18.1. The number of aliphatic carboxylic acids is 1. The quantitative estimate of drug-likeness (QED) is 0.335. The molecule has 0 bridgehead atoms. The van der Waals surface area contributed by atoms with Crippen LogP contribution in [0.4, 0.5) is 4.39 Å². The van der Waals surface area contributed by atoms with Crippen LogP contribution >= 0.6 is 24.2 Å². The minimum Gasteiger partial charge on any atom is -0.480 e. The molecule has 9 nitrogen and oxygen atoms in total. The number of likely N-dealkylation sites (tertiary alicyclic amines) is 1. The van der Waals surface area contributed by atoms with Gasteiger partial charge in [-0.15, -0.1) is 0 Å². The number of thiol groups is 1. The highest BCUT2D eigenvalue weighted by Gasteiger charge is 2.56. The van der Waals surface area contributed by atoms with Gasteiger partial charge in [-0.05, 0) is 32.9 Å². The summed E-state index contributed by atoms with van der Waals surface area (Å²) >= 11 is 10.2. The van der Waals surface area contributed by atoms with E-state index in [9.17, 15) is 28.7 Å². The number of aryl methyl sites for hydroxylation is 1. The van der Waals surface area contributed by atoms with Gasteiger partial charge in [0.2, 0.25) is 0 Å². The van der Waals surface area contributed by atoms with Gasteiger partial charge in [0.15, 0.2) is 12.1 Å². The van der Waals surface area contributed by atoms with Gasteiger partial charge in [0, 0.05) is 4.75 Å². The molecule has 2 heterocycles. The van der Waals surface area contributed by atoms with Gasteiger partial charge in [0.05, 0.1) is 10.6 Å². The van der Waals surface area contributed by atoms with Crippen molar-refractivity contribution in [1.82, 2.24) is 15.4 Å². The maximum Gasteiger partial charge on any atom is 0.328 e. The molecule has 1 aromatic heterocycles. The molecule has 2 N–H and O–H groups in total. The fraction of sp³-hybridized carbons (Fsp3) is 0.316. The number of rotatable bonds is 6. The highest BCUT2D eigenvalue weighted by atomic mass is 35.5. The minimum atomic E-state index is -1.61. The Bertz CT molecular complexity index is 1080. The molecule has 1 aliphatic heterocycles.